The second-order valence-electron chi connectivity index (χ2n) is 2.57. The third-order valence-electron chi connectivity index (χ3n) is 1.61. The van der Waals surface area contributed by atoms with Crippen molar-refractivity contribution >= 4 is 39.7 Å². The van der Waals surface area contributed by atoms with Crippen molar-refractivity contribution in [3.05, 3.63) is 27.8 Å². The summed E-state index contributed by atoms with van der Waals surface area (Å²) in [5.41, 5.74) is 7.09. The van der Waals surface area contributed by atoms with Crippen LogP contribution in [0.15, 0.2) is 17.6 Å². The Morgan fingerprint density at radius 3 is 2.71 bits per heavy atom. The molecule has 0 aliphatic carbocycles. The van der Waals surface area contributed by atoms with E-state index in [0.717, 1.165) is 11.3 Å². The van der Waals surface area contributed by atoms with Gasteiger partial charge in [-0.1, -0.05) is 23.2 Å². The minimum absolute atomic E-state index is 0.290. The van der Waals surface area contributed by atoms with Gasteiger partial charge in [0, 0.05) is 17.1 Å². The topological polar surface area (TPSA) is 51.8 Å². The molecule has 0 unspecified atom stereocenters. The highest BCUT2D eigenvalue weighted by atomic mass is 35.5. The molecule has 2 aromatic heterocycles. The maximum absolute atomic E-state index is 5.82. The number of aromatic nitrogens is 2. The quantitative estimate of drug-likeness (QED) is 0.786. The summed E-state index contributed by atoms with van der Waals surface area (Å²) in [7, 11) is 0. The Labute approximate surface area is 94.5 Å². The highest BCUT2D eigenvalue weighted by molar-refractivity contribution is 7.13. The Balaban J connectivity index is 2.47. The number of anilines is 1. The molecule has 14 heavy (non-hydrogen) atoms. The molecule has 0 radical (unpaired) electrons. The second kappa shape index (κ2) is 3.73. The van der Waals surface area contributed by atoms with Crippen LogP contribution in [0.1, 0.15) is 0 Å². The molecule has 0 saturated carbocycles. The maximum atomic E-state index is 5.82. The molecule has 2 aromatic rings. The van der Waals surface area contributed by atoms with Crippen LogP contribution in [0.4, 0.5) is 5.13 Å². The summed E-state index contributed by atoms with van der Waals surface area (Å²) in [6.07, 6.45) is 1.61. The number of pyridine rings is 1. The molecule has 0 atom stereocenters. The first kappa shape index (κ1) is 9.71. The van der Waals surface area contributed by atoms with Crippen molar-refractivity contribution in [3.8, 4) is 11.3 Å². The molecule has 0 aliphatic rings. The fraction of sp³-hybridized carbons (Fsp3) is 0. The van der Waals surface area contributed by atoms with Gasteiger partial charge in [0.05, 0.1) is 10.7 Å². The number of halogens is 2. The number of hydrogen-bond donors (Lipinski definition) is 1. The van der Waals surface area contributed by atoms with E-state index >= 15 is 0 Å². The largest absolute Gasteiger partial charge is 0.375 e. The van der Waals surface area contributed by atoms with Gasteiger partial charge in [0.15, 0.2) is 5.13 Å². The van der Waals surface area contributed by atoms with Crippen LogP contribution >= 0.6 is 34.5 Å². The molecule has 0 aliphatic heterocycles. The minimum Gasteiger partial charge on any atom is -0.375 e. The van der Waals surface area contributed by atoms with Gasteiger partial charge < -0.3 is 5.73 Å². The maximum Gasteiger partial charge on any atom is 0.180 e. The van der Waals surface area contributed by atoms with Crippen molar-refractivity contribution in [3.63, 3.8) is 0 Å². The van der Waals surface area contributed by atoms with Crippen LogP contribution in [-0.4, -0.2) is 9.97 Å². The summed E-state index contributed by atoms with van der Waals surface area (Å²) in [4.78, 5) is 8.03. The molecule has 2 heterocycles. The molecule has 0 fully saturated rings. The highest BCUT2D eigenvalue weighted by Gasteiger charge is 2.05. The summed E-state index contributed by atoms with van der Waals surface area (Å²) in [5.74, 6) is 0. The number of hydrogen-bond acceptors (Lipinski definition) is 4. The first-order chi connectivity index (χ1) is 6.66. The van der Waals surface area contributed by atoms with E-state index < -0.39 is 0 Å². The lowest BCUT2D eigenvalue weighted by molar-refractivity contribution is 1.31. The van der Waals surface area contributed by atoms with Gasteiger partial charge in [0.1, 0.15) is 5.15 Å². The van der Waals surface area contributed by atoms with E-state index in [2.05, 4.69) is 9.97 Å². The standard InChI is InChI=1S/C8H5Cl2N3S/c9-5-1-4(2-12-7(5)10)6-3-14-8(11)13-6/h1-3H,(H2,11,13). The van der Waals surface area contributed by atoms with Crippen molar-refractivity contribution in [1.82, 2.24) is 9.97 Å². The van der Waals surface area contributed by atoms with E-state index in [1.54, 1.807) is 12.3 Å². The van der Waals surface area contributed by atoms with E-state index in [1.807, 2.05) is 5.38 Å². The molecule has 0 saturated heterocycles. The third kappa shape index (κ3) is 1.82. The van der Waals surface area contributed by atoms with Crippen molar-refractivity contribution in [2.24, 2.45) is 0 Å². The molecule has 0 spiro atoms. The highest BCUT2D eigenvalue weighted by Crippen LogP contribution is 2.27. The lowest BCUT2D eigenvalue weighted by atomic mass is 10.2. The van der Waals surface area contributed by atoms with Crippen LogP contribution in [0.25, 0.3) is 11.3 Å². The van der Waals surface area contributed by atoms with Crippen LogP contribution < -0.4 is 5.73 Å². The summed E-state index contributed by atoms with van der Waals surface area (Å²) in [6.45, 7) is 0. The van der Waals surface area contributed by atoms with Gasteiger partial charge >= 0.3 is 0 Å². The van der Waals surface area contributed by atoms with Crippen LogP contribution in [0.3, 0.4) is 0 Å². The summed E-state index contributed by atoms with van der Waals surface area (Å²) in [5, 5.41) is 3.07. The SMILES string of the molecule is Nc1nc(-c2cnc(Cl)c(Cl)c2)cs1. The molecular weight excluding hydrogens is 241 g/mol. The van der Waals surface area contributed by atoms with Gasteiger partial charge in [0.2, 0.25) is 0 Å². The fourth-order valence-electron chi connectivity index (χ4n) is 0.982. The van der Waals surface area contributed by atoms with Crippen molar-refractivity contribution in [2.75, 3.05) is 5.73 Å². The average molecular weight is 246 g/mol. The number of thiazole rings is 1. The summed E-state index contributed by atoms with van der Waals surface area (Å²) in [6, 6.07) is 1.71. The van der Waals surface area contributed by atoms with Gasteiger partial charge in [-0.05, 0) is 6.07 Å². The molecule has 0 bridgehead atoms. The Bertz CT molecular complexity index is 469. The van der Waals surface area contributed by atoms with Gasteiger partial charge in [-0.2, -0.15) is 0 Å². The fourth-order valence-corrected chi connectivity index (χ4v) is 1.82. The normalized spacial score (nSPS) is 10.4. The van der Waals surface area contributed by atoms with Gasteiger partial charge in [0.25, 0.3) is 0 Å². The van der Waals surface area contributed by atoms with E-state index in [4.69, 9.17) is 28.9 Å². The zero-order chi connectivity index (χ0) is 10.1. The number of nitrogens with zero attached hydrogens (tertiary/aromatic N) is 2. The van der Waals surface area contributed by atoms with Crippen LogP contribution in [-0.2, 0) is 0 Å². The van der Waals surface area contributed by atoms with Crippen LogP contribution in [0, 0.1) is 0 Å². The second-order valence-corrected chi connectivity index (χ2v) is 4.22. The van der Waals surface area contributed by atoms with E-state index in [-0.39, 0.29) is 0 Å². The summed E-state index contributed by atoms with van der Waals surface area (Å²) < 4.78 is 0. The predicted molar refractivity (Wildman–Crippen MR) is 59.8 cm³/mol. The molecule has 6 heteroatoms. The molecular formula is C8H5Cl2N3S. The first-order valence-electron chi connectivity index (χ1n) is 3.69. The lowest BCUT2D eigenvalue weighted by Gasteiger charge is -1.97. The van der Waals surface area contributed by atoms with E-state index in [1.165, 1.54) is 11.3 Å². The Kier molecular flexibility index (Phi) is 2.58. The molecule has 2 rings (SSSR count). The van der Waals surface area contributed by atoms with Gasteiger partial charge in [-0.25, -0.2) is 9.97 Å². The van der Waals surface area contributed by atoms with Gasteiger partial charge in [-0.15, -0.1) is 11.3 Å². The lowest BCUT2D eigenvalue weighted by Crippen LogP contribution is -1.84. The number of nitrogens with two attached hydrogens (primary N) is 1. The third-order valence-corrected chi connectivity index (χ3v) is 2.97. The monoisotopic (exact) mass is 245 g/mol. The number of nitrogen functional groups attached to an aromatic ring is 1. The van der Waals surface area contributed by atoms with Gasteiger partial charge in [-0.3, -0.25) is 0 Å². The Morgan fingerprint density at radius 2 is 2.14 bits per heavy atom. The molecule has 0 aromatic carbocycles. The number of rotatable bonds is 1. The predicted octanol–water partition coefficient (Wildman–Crippen LogP) is 3.09. The molecule has 72 valence electrons. The van der Waals surface area contributed by atoms with Crippen LogP contribution in [0.2, 0.25) is 10.2 Å². The van der Waals surface area contributed by atoms with Crippen molar-refractivity contribution in [2.45, 2.75) is 0 Å². The average Bonchev–Trinajstić information content (AvgIpc) is 2.57. The van der Waals surface area contributed by atoms with E-state index in [9.17, 15) is 0 Å². The minimum atomic E-state index is 0.290. The molecule has 3 nitrogen and oxygen atoms in total. The van der Waals surface area contributed by atoms with E-state index in [0.29, 0.717) is 15.3 Å². The summed E-state index contributed by atoms with van der Waals surface area (Å²) >= 11 is 12.9. The Morgan fingerprint density at radius 1 is 1.36 bits per heavy atom. The zero-order valence-electron chi connectivity index (χ0n) is 6.87. The molecule has 0 amide bonds. The first-order valence-corrected chi connectivity index (χ1v) is 5.33. The Hall–Kier alpha value is -0.840. The smallest absolute Gasteiger partial charge is 0.180 e. The zero-order valence-corrected chi connectivity index (χ0v) is 9.20. The molecule has 2 N–H and O–H groups in total. The van der Waals surface area contributed by atoms with Crippen molar-refractivity contribution in [1.29, 1.82) is 0 Å². The van der Waals surface area contributed by atoms with Crippen LogP contribution in [0.5, 0.6) is 0 Å². The van der Waals surface area contributed by atoms with Crippen molar-refractivity contribution < 1.29 is 0 Å².